The van der Waals surface area contributed by atoms with Crippen molar-refractivity contribution in [2.45, 2.75) is 33.8 Å². The van der Waals surface area contributed by atoms with Crippen molar-refractivity contribution in [3.05, 3.63) is 36.5 Å². The first-order valence-electron chi connectivity index (χ1n) is 5.00. The quantitative estimate of drug-likeness (QED) is 0.557. The normalized spacial score (nSPS) is 14.7. The molecule has 0 aliphatic carbocycles. The molecule has 0 aromatic heterocycles. The first-order valence-corrected chi connectivity index (χ1v) is 5.00. The third kappa shape index (κ3) is 4.75. The number of ketones is 1. The van der Waals surface area contributed by atoms with Crippen molar-refractivity contribution in [3.63, 3.8) is 0 Å². The Bertz CT molecular complexity index is 296. The molecule has 15 heavy (non-hydrogen) atoms. The molecule has 1 unspecified atom stereocenters. The molecule has 0 bridgehead atoms. The van der Waals surface area contributed by atoms with Gasteiger partial charge in [0.2, 0.25) is 0 Å². The number of allylic oxidation sites excluding steroid dienone is 3. The summed E-state index contributed by atoms with van der Waals surface area (Å²) in [4.78, 5) is 11.4. The second-order valence-corrected chi connectivity index (χ2v) is 4.31. The maximum absolute atomic E-state index is 11.4. The van der Waals surface area contributed by atoms with Gasteiger partial charge in [0.15, 0.2) is 5.78 Å². The maximum atomic E-state index is 11.4. The van der Waals surface area contributed by atoms with Crippen molar-refractivity contribution in [3.8, 4) is 0 Å². The first kappa shape index (κ1) is 13.8. The van der Waals surface area contributed by atoms with Crippen LogP contribution in [0.3, 0.4) is 0 Å². The average Bonchev–Trinajstić information content (AvgIpc) is 2.14. The number of carbonyl (C=O) groups is 1. The van der Waals surface area contributed by atoms with E-state index in [-0.39, 0.29) is 5.78 Å². The lowest BCUT2D eigenvalue weighted by atomic mass is 9.83. The minimum Gasteiger partial charge on any atom is -0.384 e. The molecule has 1 atom stereocenters. The highest BCUT2D eigenvalue weighted by Gasteiger charge is 2.29. The second kappa shape index (κ2) is 5.66. The Morgan fingerprint density at radius 1 is 1.40 bits per heavy atom. The van der Waals surface area contributed by atoms with E-state index in [4.69, 9.17) is 0 Å². The van der Waals surface area contributed by atoms with Crippen molar-refractivity contribution in [2.75, 3.05) is 0 Å². The van der Waals surface area contributed by atoms with Crippen molar-refractivity contribution in [1.82, 2.24) is 0 Å². The van der Waals surface area contributed by atoms with Crippen molar-refractivity contribution < 1.29 is 9.90 Å². The molecule has 0 aliphatic rings. The Kier molecular flexibility index (Phi) is 5.23. The Balaban J connectivity index is 4.71. The molecular weight excluding hydrogens is 188 g/mol. The summed E-state index contributed by atoms with van der Waals surface area (Å²) in [6, 6.07) is 0. The molecule has 1 N–H and O–H groups in total. The van der Waals surface area contributed by atoms with Gasteiger partial charge in [-0.1, -0.05) is 44.2 Å². The van der Waals surface area contributed by atoms with Gasteiger partial charge in [0.1, 0.15) is 6.10 Å². The molecule has 0 aromatic carbocycles. The van der Waals surface area contributed by atoms with E-state index < -0.39 is 11.5 Å². The van der Waals surface area contributed by atoms with E-state index in [9.17, 15) is 9.90 Å². The third-order valence-corrected chi connectivity index (χ3v) is 2.10. The predicted octanol–water partition coefficient (Wildman–Crippen LogP) is 2.65. The zero-order valence-corrected chi connectivity index (χ0v) is 9.95. The van der Waals surface area contributed by atoms with Crippen LogP contribution >= 0.6 is 0 Å². The first-order chi connectivity index (χ1) is 6.81. The smallest absolute Gasteiger partial charge is 0.184 e. The molecule has 0 amide bonds. The summed E-state index contributed by atoms with van der Waals surface area (Å²) >= 11 is 0. The molecular formula is C13H20O2. The highest BCUT2D eigenvalue weighted by molar-refractivity contribution is 5.94. The summed E-state index contributed by atoms with van der Waals surface area (Å²) < 4.78 is 0. The minimum atomic E-state index is -1.01. The van der Waals surface area contributed by atoms with Crippen LogP contribution in [0.1, 0.15) is 27.7 Å². The summed E-state index contributed by atoms with van der Waals surface area (Å²) in [6.45, 7) is 11.0. The van der Waals surface area contributed by atoms with Gasteiger partial charge in [-0.25, -0.2) is 0 Å². The van der Waals surface area contributed by atoms with Gasteiger partial charge in [0, 0.05) is 5.41 Å². The molecule has 0 heterocycles. The summed E-state index contributed by atoms with van der Waals surface area (Å²) in [5.41, 5.74) is 0.323. The standard InChI is InChI=1S/C13H20O2/c1-6-7-11(14)12(15)13(4,5)9-8-10(2)3/h6-9,12,15H,2H2,1,3-5H3/b7-6+,9-8+. The molecule has 2 heteroatoms. The zero-order valence-electron chi connectivity index (χ0n) is 9.95. The number of hydrogen-bond acceptors (Lipinski definition) is 2. The van der Waals surface area contributed by atoms with Gasteiger partial charge < -0.3 is 5.11 Å². The average molecular weight is 208 g/mol. The van der Waals surface area contributed by atoms with E-state index in [0.717, 1.165) is 5.57 Å². The number of hydrogen-bond donors (Lipinski definition) is 1. The fourth-order valence-electron chi connectivity index (χ4n) is 1.07. The van der Waals surface area contributed by atoms with Crippen molar-refractivity contribution in [1.29, 1.82) is 0 Å². The maximum Gasteiger partial charge on any atom is 0.184 e. The molecule has 0 radical (unpaired) electrons. The molecule has 0 aromatic rings. The topological polar surface area (TPSA) is 37.3 Å². The van der Waals surface area contributed by atoms with Crippen LogP contribution < -0.4 is 0 Å². The van der Waals surface area contributed by atoms with E-state index in [0.29, 0.717) is 0 Å². The monoisotopic (exact) mass is 208 g/mol. The van der Waals surface area contributed by atoms with Crippen LogP contribution in [0.2, 0.25) is 0 Å². The van der Waals surface area contributed by atoms with Gasteiger partial charge >= 0.3 is 0 Å². The predicted molar refractivity (Wildman–Crippen MR) is 63.6 cm³/mol. The third-order valence-electron chi connectivity index (χ3n) is 2.10. The largest absolute Gasteiger partial charge is 0.384 e. The van der Waals surface area contributed by atoms with E-state index in [1.54, 1.807) is 19.1 Å². The van der Waals surface area contributed by atoms with Crippen LogP contribution in [0.5, 0.6) is 0 Å². The van der Waals surface area contributed by atoms with Gasteiger partial charge in [0.25, 0.3) is 0 Å². The highest BCUT2D eigenvalue weighted by Crippen LogP contribution is 2.24. The van der Waals surface area contributed by atoms with E-state index >= 15 is 0 Å². The van der Waals surface area contributed by atoms with Crippen LogP contribution in [-0.4, -0.2) is 17.0 Å². The van der Waals surface area contributed by atoms with Crippen molar-refractivity contribution >= 4 is 5.78 Å². The van der Waals surface area contributed by atoms with Crippen LogP contribution in [-0.2, 0) is 4.79 Å². The molecule has 0 saturated carbocycles. The van der Waals surface area contributed by atoms with Gasteiger partial charge in [0.05, 0.1) is 0 Å². The second-order valence-electron chi connectivity index (χ2n) is 4.31. The van der Waals surface area contributed by atoms with Crippen LogP contribution in [0.25, 0.3) is 0 Å². The molecule has 84 valence electrons. The lowest BCUT2D eigenvalue weighted by Gasteiger charge is -2.25. The van der Waals surface area contributed by atoms with E-state index in [1.807, 2.05) is 26.8 Å². The van der Waals surface area contributed by atoms with Gasteiger partial charge in [-0.05, 0) is 19.9 Å². The van der Waals surface area contributed by atoms with Crippen LogP contribution in [0.15, 0.2) is 36.5 Å². The Labute approximate surface area is 92.0 Å². The number of aliphatic hydroxyl groups excluding tert-OH is 1. The Morgan fingerprint density at radius 3 is 2.33 bits per heavy atom. The summed E-state index contributed by atoms with van der Waals surface area (Å²) in [5, 5.41) is 9.81. The lowest BCUT2D eigenvalue weighted by Crippen LogP contribution is -2.34. The van der Waals surface area contributed by atoms with E-state index in [1.165, 1.54) is 6.08 Å². The van der Waals surface area contributed by atoms with Crippen LogP contribution in [0.4, 0.5) is 0 Å². The summed E-state index contributed by atoms with van der Waals surface area (Å²) in [6.07, 6.45) is 5.63. The summed E-state index contributed by atoms with van der Waals surface area (Å²) in [5.74, 6) is -0.270. The van der Waals surface area contributed by atoms with Crippen molar-refractivity contribution in [2.24, 2.45) is 5.41 Å². The highest BCUT2D eigenvalue weighted by atomic mass is 16.3. The Hall–Kier alpha value is -1.15. The molecule has 0 spiro atoms. The molecule has 0 saturated heterocycles. The molecule has 0 rings (SSSR count). The van der Waals surface area contributed by atoms with Crippen LogP contribution in [0, 0.1) is 5.41 Å². The molecule has 0 aliphatic heterocycles. The minimum absolute atomic E-state index is 0.270. The Morgan fingerprint density at radius 2 is 1.93 bits per heavy atom. The molecule has 2 nitrogen and oxygen atoms in total. The molecule has 0 fully saturated rings. The van der Waals surface area contributed by atoms with E-state index in [2.05, 4.69) is 6.58 Å². The number of carbonyl (C=O) groups excluding carboxylic acids is 1. The fourth-order valence-corrected chi connectivity index (χ4v) is 1.07. The van der Waals surface area contributed by atoms with Gasteiger partial charge in [-0.3, -0.25) is 4.79 Å². The zero-order chi connectivity index (χ0) is 12.1. The number of rotatable bonds is 5. The number of aliphatic hydroxyl groups is 1. The van der Waals surface area contributed by atoms with Gasteiger partial charge in [-0.15, -0.1) is 0 Å². The lowest BCUT2D eigenvalue weighted by molar-refractivity contribution is -0.126. The fraction of sp³-hybridized carbons (Fsp3) is 0.462. The van der Waals surface area contributed by atoms with Gasteiger partial charge in [-0.2, -0.15) is 0 Å². The SMILES string of the molecule is C=C(C)/C=C/C(C)(C)C(O)C(=O)/C=C/C. The summed E-state index contributed by atoms with van der Waals surface area (Å²) in [7, 11) is 0.